The normalized spacial score (nSPS) is 10.4. The number of anilines is 2. The molecule has 2 aromatic carbocycles. The average molecular weight is 399 g/mol. The van der Waals surface area contributed by atoms with Crippen molar-refractivity contribution in [2.24, 2.45) is 0 Å². The van der Waals surface area contributed by atoms with Crippen LogP contribution in [0.2, 0.25) is 0 Å². The number of rotatable bonds is 7. The van der Waals surface area contributed by atoms with Gasteiger partial charge in [-0.2, -0.15) is 0 Å². The van der Waals surface area contributed by atoms with Crippen LogP contribution in [-0.2, 0) is 16.0 Å². The summed E-state index contributed by atoms with van der Waals surface area (Å²) < 4.78 is 0. The van der Waals surface area contributed by atoms with Gasteiger partial charge >= 0.3 is 0 Å². The molecule has 0 radical (unpaired) electrons. The first kappa shape index (κ1) is 19.1. The zero-order valence-electron chi connectivity index (χ0n) is 14.6. The van der Waals surface area contributed by atoms with Crippen LogP contribution < -0.4 is 10.6 Å². The average Bonchev–Trinajstić information content (AvgIpc) is 3.06. The third-order valence-corrected chi connectivity index (χ3v) is 5.25. The molecule has 0 atom stereocenters. The molecule has 8 heteroatoms. The summed E-state index contributed by atoms with van der Waals surface area (Å²) in [5.74, 6) is 0.0861. The van der Waals surface area contributed by atoms with E-state index in [-0.39, 0.29) is 17.6 Å². The van der Waals surface area contributed by atoms with Crippen molar-refractivity contribution in [2.75, 3.05) is 16.4 Å². The number of amides is 2. The molecule has 1 aromatic heterocycles. The summed E-state index contributed by atoms with van der Waals surface area (Å²) in [7, 11) is 0. The summed E-state index contributed by atoms with van der Waals surface area (Å²) >= 11 is 2.76. The van der Waals surface area contributed by atoms with Crippen LogP contribution in [0.15, 0.2) is 59.5 Å². The lowest BCUT2D eigenvalue weighted by atomic mass is 10.1. The van der Waals surface area contributed by atoms with Gasteiger partial charge in [0.25, 0.3) is 0 Å². The third-order valence-electron chi connectivity index (χ3n) is 3.49. The molecular formula is C19H18N4O2S2. The number of benzene rings is 2. The van der Waals surface area contributed by atoms with Gasteiger partial charge in [-0.15, -0.1) is 22.0 Å². The Labute approximate surface area is 165 Å². The van der Waals surface area contributed by atoms with E-state index in [9.17, 15) is 9.59 Å². The molecule has 1 heterocycles. The van der Waals surface area contributed by atoms with Crippen LogP contribution in [0.5, 0.6) is 0 Å². The number of aryl methyl sites for hydroxylation is 1. The van der Waals surface area contributed by atoms with E-state index in [1.807, 2.05) is 61.5 Å². The summed E-state index contributed by atoms with van der Waals surface area (Å²) in [6, 6.07) is 17.0. The summed E-state index contributed by atoms with van der Waals surface area (Å²) in [4.78, 5) is 25.0. The minimum atomic E-state index is -0.128. The van der Waals surface area contributed by atoms with Crippen molar-refractivity contribution in [1.29, 1.82) is 0 Å². The highest BCUT2D eigenvalue weighted by atomic mass is 32.2. The molecule has 2 N–H and O–H groups in total. The molecule has 3 rings (SSSR count). The maximum Gasteiger partial charge on any atom is 0.236 e. The summed E-state index contributed by atoms with van der Waals surface area (Å²) in [6.45, 7) is 1.84. The number of aromatic nitrogens is 2. The number of hydrogen-bond acceptors (Lipinski definition) is 6. The van der Waals surface area contributed by atoms with E-state index >= 15 is 0 Å². The highest BCUT2D eigenvalue weighted by Crippen LogP contribution is 2.21. The minimum absolute atomic E-state index is 0.0617. The second-order valence-electron chi connectivity index (χ2n) is 5.70. The standard InChI is InChI=1S/C19H18N4O2S2/c1-13-22-23-19(27-13)21-18(25)12-26-16-9-7-15(8-10-16)20-17(24)11-14-5-3-2-4-6-14/h2-10H,11-12H2,1H3,(H,20,24)(H,21,23,25). The predicted molar refractivity (Wildman–Crippen MR) is 109 cm³/mol. The zero-order valence-corrected chi connectivity index (χ0v) is 16.3. The second kappa shape index (κ2) is 9.29. The number of thioether (sulfide) groups is 1. The number of nitrogens with one attached hydrogen (secondary N) is 2. The van der Waals surface area contributed by atoms with Gasteiger partial charge in [-0.3, -0.25) is 14.9 Å². The van der Waals surface area contributed by atoms with Crippen LogP contribution in [0.4, 0.5) is 10.8 Å². The maximum atomic E-state index is 12.1. The summed E-state index contributed by atoms with van der Waals surface area (Å²) in [6.07, 6.45) is 0.336. The van der Waals surface area contributed by atoms with Crippen molar-refractivity contribution in [1.82, 2.24) is 10.2 Å². The molecule has 0 bridgehead atoms. The first-order valence-electron chi connectivity index (χ1n) is 8.25. The van der Waals surface area contributed by atoms with Gasteiger partial charge in [0.2, 0.25) is 16.9 Å². The van der Waals surface area contributed by atoms with E-state index < -0.39 is 0 Å². The molecule has 6 nitrogen and oxygen atoms in total. The molecule has 0 spiro atoms. The van der Waals surface area contributed by atoms with Crippen LogP contribution in [0.1, 0.15) is 10.6 Å². The van der Waals surface area contributed by atoms with Gasteiger partial charge in [0.05, 0.1) is 12.2 Å². The summed E-state index contributed by atoms with van der Waals surface area (Å²) in [5.41, 5.74) is 1.70. The topological polar surface area (TPSA) is 84.0 Å². The Balaban J connectivity index is 1.45. The Morgan fingerprint density at radius 2 is 1.70 bits per heavy atom. The van der Waals surface area contributed by atoms with E-state index in [0.29, 0.717) is 11.6 Å². The molecular weight excluding hydrogens is 380 g/mol. The third kappa shape index (κ3) is 6.19. The number of hydrogen-bond donors (Lipinski definition) is 2. The fraction of sp³-hybridized carbons (Fsp3) is 0.158. The van der Waals surface area contributed by atoms with Crippen molar-refractivity contribution in [3.8, 4) is 0 Å². The largest absolute Gasteiger partial charge is 0.326 e. The van der Waals surface area contributed by atoms with E-state index in [1.165, 1.54) is 23.1 Å². The number of carbonyl (C=O) groups excluding carboxylic acids is 2. The van der Waals surface area contributed by atoms with Crippen molar-refractivity contribution in [3.63, 3.8) is 0 Å². The Hall–Kier alpha value is -2.71. The Morgan fingerprint density at radius 3 is 2.37 bits per heavy atom. The van der Waals surface area contributed by atoms with Gasteiger partial charge in [-0.1, -0.05) is 41.7 Å². The van der Waals surface area contributed by atoms with E-state index in [1.54, 1.807) is 0 Å². The fourth-order valence-corrected chi connectivity index (χ4v) is 3.58. The highest BCUT2D eigenvalue weighted by Gasteiger charge is 2.08. The molecule has 0 saturated carbocycles. The van der Waals surface area contributed by atoms with Crippen molar-refractivity contribution in [3.05, 3.63) is 65.2 Å². The van der Waals surface area contributed by atoms with Crippen molar-refractivity contribution in [2.45, 2.75) is 18.2 Å². The molecule has 3 aromatic rings. The first-order chi connectivity index (χ1) is 13.1. The second-order valence-corrected chi connectivity index (χ2v) is 7.93. The van der Waals surface area contributed by atoms with E-state index in [2.05, 4.69) is 20.8 Å². The van der Waals surface area contributed by atoms with Gasteiger partial charge in [-0.25, -0.2) is 0 Å². The van der Waals surface area contributed by atoms with Crippen molar-refractivity contribution < 1.29 is 9.59 Å². The smallest absolute Gasteiger partial charge is 0.236 e. The van der Waals surface area contributed by atoms with Gasteiger partial charge in [0.1, 0.15) is 5.01 Å². The van der Waals surface area contributed by atoms with Gasteiger partial charge in [0, 0.05) is 10.6 Å². The molecule has 0 unspecified atom stereocenters. The Kier molecular flexibility index (Phi) is 6.56. The molecule has 138 valence electrons. The van der Waals surface area contributed by atoms with E-state index in [4.69, 9.17) is 0 Å². The maximum absolute atomic E-state index is 12.1. The Morgan fingerprint density at radius 1 is 0.963 bits per heavy atom. The van der Waals surface area contributed by atoms with Crippen LogP contribution in [0, 0.1) is 6.92 Å². The van der Waals surface area contributed by atoms with Crippen LogP contribution in [-0.4, -0.2) is 27.8 Å². The SMILES string of the molecule is Cc1nnc(NC(=O)CSc2ccc(NC(=O)Cc3ccccc3)cc2)s1. The van der Waals surface area contributed by atoms with Crippen LogP contribution in [0.25, 0.3) is 0 Å². The molecule has 0 aliphatic rings. The number of nitrogens with zero attached hydrogens (tertiary/aromatic N) is 2. The van der Waals surface area contributed by atoms with Gasteiger partial charge in [0.15, 0.2) is 0 Å². The molecule has 27 heavy (non-hydrogen) atoms. The van der Waals surface area contributed by atoms with Gasteiger partial charge < -0.3 is 5.32 Å². The zero-order chi connectivity index (χ0) is 19.1. The van der Waals surface area contributed by atoms with E-state index in [0.717, 1.165) is 21.2 Å². The van der Waals surface area contributed by atoms with Crippen LogP contribution in [0.3, 0.4) is 0 Å². The summed E-state index contributed by atoms with van der Waals surface area (Å²) in [5, 5.41) is 14.6. The molecule has 2 amide bonds. The quantitative estimate of drug-likeness (QED) is 0.592. The molecule has 0 aliphatic heterocycles. The number of carbonyl (C=O) groups is 2. The van der Waals surface area contributed by atoms with Crippen molar-refractivity contribution >= 4 is 45.7 Å². The fourth-order valence-electron chi connectivity index (χ4n) is 2.27. The lowest BCUT2D eigenvalue weighted by Gasteiger charge is -2.07. The first-order valence-corrected chi connectivity index (χ1v) is 10.1. The Bertz CT molecular complexity index is 911. The predicted octanol–water partition coefficient (Wildman–Crippen LogP) is 3.76. The van der Waals surface area contributed by atoms with Crippen LogP contribution >= 0.6 is 23.1 Å². The molecule has 0 aliphatic carbocycles. The molecule has 0 fully saturated rings. The lowest BCUT2D eigenvalue weighted by Crippen LogP contribution is -2.14. The molecule has 0 saturated heterocycles. The highest BCUT2D eigenvalue weighted by molar-refractivity contribution is 8.00. The lowest BCUT2D eigenvalue weighted by molar-refractivity contribution is -0.115. The minimum Gasteiger partial charge on any atom is -0.326 e. The van der Waals surface area contributed by atoms with Gasteiger partial charge in [-0.05, 0) is 36.8 Å². The monoisotopic (exact) mass is 398 g/mol.